The van der Waals surface area contributed by atoms with Crippen molar-refractivity contribution in [2.45, 2.75) is 12.2 Å². The quantitative estimate of drug-likeness (QED) is 0.835. The minimum atomic E-state index is -1.26. The van der Waals surface area contributed by atoms with Gasteiger partial charge in [0.05, 0.1) is 28.3 Å². The lowest BCUT2D eigenvalue weighted by molar-refractivity contribution is -0.313. The summed E-state index contributed by atoms with van der Waals surface area (Å²) < 4.78 is 6.42. The average molecular weight is 315 g/mol. The number of carbonyl (C=O) groups is 2. The molecule has 1 amide bonds. The Labute approximate surface area is 129 Å². The number of hydrogen-bond acceptors (Lipinski definition) is 6. The fourth-order valence-electron chi connectivity index (χ4n) is 3.02. The van der Waals surface area contributed by atoms with Crippen LogP contribution in [0.2, 0.25) is 0 Å². The van der Waals surface area contributed by atoms with Gasteiger partial charge in [0.1, 0.15) is 0 Å². The Morgan fingerprint density at radius 1 is 1.18 bits per heavy atom. The molecule has 6 nitrogen and oxygen atoms in total. The number of anilines is 1. The van der Waals surface area contributed by atoms with Gasteiger partial charge in [-0.1, -0.05) is 35.6 Å². The first-order valence-electron chi connectivity index (χ1n) is 6.84. The van der Waals surface area contributed by atoms with Gasteiger partial charge in [0.15, 0.2) is 5.13 Å². The van der Waals surface area contributed by atoms with Crippen molar-refractivity contribution < 1.29 is 19.4 Å². The van der Waals surface area contributed by atoms with Gasteiger partial charge in [-0.2, -0.15) is 0 Å². The third kappa shape index (κ3) is 2.01. The summed E-state index contributed by atoms with van der Waals surface area (Å²) in [6.07, 6.45) is 2.31. The highest BCUT2D eigenvalue weighted by atomic mass is 32.1. The number of aliphatic carboxylic acids is 1. The first-order chi connectivity index (χ1) is 10.6. The second-order valence-electron chi connectivity index (χ2n) is 5.30. The van der Waals surface area contributed by atoms with Crippen molar-refractivity contribution >= 4 is 38.6 Å². The molecule has 2 aliphatic heterocycles. The Kier molecular flexibility index (Phi) is 2.98. The van der Waals surface area contributed by atoms with Gasteiger partial charge in [0.2, 0.25) is 5.91 Å². The summed E-state index contributed by atoms with van der Waals surface area (Å²) in [6.45, 7) is 0. The summed E-state index contributed by atoms with van der Waals surface area (Å²) in [4.78, 5) is 28.0. The molecule has 1 N–H and O–H groups in total. The highest BCUT2D eigenvalue weighted by Gasteiger charge is 2.50. The lowest BCUT2D eigenvalue weighted by atomic mass is 9.82. The molecule has 1 fully saturated rings. The van der Waals surface area contributed by atoms with Crippen LogP contribution in [0.4, 0.5) is 5.13 Å². The van der Waals surface area contributed by atoms with Crippen LogP contribution in [0, 0.1) is 11.8 Å². The zero-order valence-corrected chi connectivity index (χ0v) is 12.1. The molecule has 112 valence electrons. The topological polar surface area (TPSA) is 91.4 Å². The standard InChI is InChI=1S/C15H12N2O4S/c18-13(11-8-5-6-9(21-8)12(11)14(19)20)17-15-16-7-3-1-2-4-10(7)22-15/h1-6,8-9,11-12H,(H,19,20)(H,16,17,18)/p-1/t8-,9+,11-,12-/m0/s1. The number of carbonyl (C=O) groups excluding carboxylic acids is 2. The van der Waals surface area contributed by atoms with E-state index in [0.717, 1.165) is 10.2 Å². The summed E-state index contributed by atoms with van der Waals surface area (Å²) in [5.74, 6) is -3.40. The van der Waals surface area contributed by atoms with Crippen molar-refractivity contribution in [1.82, 2.24) is 4.98 Å². The molecule has 2 aliphatic rings. The van der Waals surface area contributed by atoms with E-state index in [2.05, 4.69) is 10.3 Å². The molecule has 0 saturated carbocycles. The van der Waals surface area contributed by atoms with Crippen LogP contribution in [0.1, 0.15) is 0 Å². The number of hydrogen-bond donors (Lipinski definition) is 1. The van der Waals surface area contributed by atoms with Gasteiger partial charge in [-0.25, -0.2) is 4.98 Å². The van der Waals surface area contributed by atoms with Crippen molar-refractivity contribution in [3.8, 4) is 0 Å². The summed E-state index contributed by atoms with van der Waals surface area (Å²) in [5.41, 5.74) is 0.795. The fraction of sp³-hybridized carbons (Fsp3) is 0.267. The minimum Gasteiger partial charge on any atom is -0.550 e. The number of aromatic nitrogens is 1. The number of para-hydroxylation sites is 1. The van der Waals surface area contributed by atoms with E-state index >= 15 is 0 Å². The van der Waals surface area contributed by atoms with Gasteiger partial charge < -0.3 is 20.0 Å². The molecule has 1 aromatic carbocycles. The maximum atomic E-state index is 12.4. The number of benzene rings is 1. The van der Waals surface area contributed by atoms with E-state index in [1.807, 2.05) is 24.3 Å². The lowest BCUT2D eigenvalue weighted by Crippen LogP contribution is -2.45. The van der Waals surface area contributed by atoms with Crippen molar-refractivity contribution in [3.63, 3.8) is 0 Å². The highest BCUT2D eigenvalue weighted by molar-refractivity contribution is 7.22. The molecular formula is C15H11N2O4S-. The monoisotopic (exact) mass is 315 g/mol. The summed E-state index contributed by atoms with van der Waals surface area (Å²) >= 11 is 1.35. The van der Waals surface area contributed by atoms with E-state index in [9.17, 15) is 14.7 Å². The normalized spacial score (nSPS) is 29.1. The number of thiazole rings is 1. The van der Waals surface area contributed by atoms with E-state index in [4.69, 9.17) is 4.74 Å². The maximum absolute atomic E-state index is 12.4. The molecule has 3 heterocycles. The van der Waals surface area contributed by atoms with Crippen LogP contribution in [0.5, 0.6) is 0 Å². The van der Waals surface area contributed by atoms with Crippen LogP contribution < -0.4 is 10.4 Å². The largest absolute Gasteiger partial charge is 0.550 e. The van der Waals surface area contributed by atoms with Gasteiger partial charge in [-0.3, -0.25) is 4.79 Å². The second kappa shape index (κ2) is 4.89. The zero-order valence-electron chi connectivity index (χ0n) is 11.3. The van der Waals surface area contributed by atoms with Gasteiger partial charge in [-0.05, 0) is 12.1 Å². The zero-order chi connectivity index (χ0) is 15.3. The van der Waals surface area contributed by atoms with E-state index in [1.165, 1.54) is 11.3 Å². The number of carboxylic acid groups (broad SMARTS) is 1. The Balaban J connectivity index is 1.59. The average Bonchev–Trinajstić information content (AvgIpc) is 3.19. The molecule has 4 rings (SSSR count). The molecule has 0 radical (unpaired) electrons. The number of carboxylic acids is 1. The molecule has 4 atom stereocenters. The number of nitrogens with one attached hydrogen (secondary N) is 1. The van der Waals surface area contributed by atoms with Crippen molar-refractivity contribution in [3.05, 3.63) is 36.4 Å². The number of amides is 1. The SMILES string of the molecule is O=C(Nc1nc2ccccc2s1)[C@@H]1[C@@H](C(=O)[O-])[C@H]2C=C[C@@H]1O2. The third-order valence-electron chi connectivity index (χ3n) is 4.00. The van der Waals surface area contributed by atoms with Crippen LogP contribution in [-0.2, 0) is 14.3 Å². The molecule has 0 aliphatic carbocycles. The molecule has 2 bridgehead atoms. The first-order valence-corrected chi connectivity index (χ1v) is 7.66. The van der Waals surface area contributed by atoms with E-state index in [-0.39, 0.29) is 0 Å². The molecular weight excluding hydrogens is 304 g/mol. The summed E-state index contributed by atoms with van der Waals surface area (Å²) in [5, 5.41) is 14.4. The maximum Gasteiger partial charge on any atom is 0.233 e. The van der Waals surface area contributed by atoms with Gasteiger partial charge >= 0.3 is 0 Å². The van der Waals surface area contributed by atoms with Gasteiger partial charge in [0.25, 0.3) is 0 Å². The van der Waals surface area contributed by atoms with Gasteiger partial charge in [-0.15, -0.1) is 0 Å². The molecule has 2 aromatic rings. The number of nitrogens with zero attached hydrogens (tertiary/aromatic N) is 1. The molecule has 1 saturated heterocycles. The summed E-state index contributed by atoms with van der Waals surface area (Å²) in [7, 11) is 0. The molecule has 7 heteroatoms. The van der Waals surface area contributed by atoms with Crippen LogP contribution in [0.25, 0.3) is 10.2 Å². The predicted octanol–water partition coefficient (Wildman–Crippen LogP) is 0.554. The lowest BCUT2D eigenvalue weighted by Gasteiger charge is -2.24. The molecule has 22 heavy (non-hydrogen) atoms. The number of ether oxygens (including phenoxy) is 1. The van der Waals surface area contributed by atoms with E-state index < -0.39 is 35.9 Å². The van der Waals surface area contributed by atoms with E-state index in [1.54, 1.807) is 12.2 Å². The Morgan fingerprint density at radius 2 is 1.91 bits per heavy atom. The predicted molar refractivity (Wildman–Crippen MR) is 78.0 cm³/mol. The van der Waals surface area contributed by atoms with E-state index in [0.29, 0.717) is 5.13 Å². The summed E-state index contributed by atoms with van der Waals surface area (Å²) in [6, 6.07) is 7.53. The number of fused-ring (bicyclic) bond motifs is 3. The fourth-order valence-corrected chi connectivity index (χ4v) is 3.88. The third-order valence-corrected chi connectivity index (χ3v) is 4.95. The minimum absolute atomic E-state index is 0.398. The molecule has 0 unspecified atom stereocenters. The van der Waals surface area contributed by atoms with Crippen molar-refractivity contribution in [2.75, 3.05) is 5.32 Å². The first kappa shape index (κ1) is 13.4. The molecule has 0 spiro atoms. The van der Waals surface area contributed by atoms with Crippen LogP contribution in [-0.4, -0.2) is 29.1 Å². The Bertz CT molecular complexity index is 767. The Hall–Kier alpha value is -2.25. The van der Waals surface area contributed by atoms with Crippen molar-refractivity contribution in [1.29, 1.82) is 0 Å². The van der Waals surface area contributed by atoms with Crippen molar-refractivity contribution in [2.24, 2.45) is 11.8 Å². The molecule has 1 aromatic heterocycles. The number of rotatable bonds is 3. The highest BCUT2D eigenvalue weighted by Crippen LogP contribution is 2.39. The smallest absolute Gasteiger partial charge is 0.233 e. The Morgan fingerprint density at radius 3 is 2.64 bits per heavy atom. The van der Waals surface area contributed by atoms with Crippen LogP contribution >= 0.6 is 11.3 Å². The van der Waals surface area contributed by atoms with Gasteiger partial charge in [0, 0.05) is 11.9 Å². The second-order valence-corrected chi connectivity index (χ2v) is 6.33. The van der Waals surface area contributed by atoms with Crippen LogP contribution in [0.15, 0.2) is 36.4 Å². The van der Waals surface area contributed by atoms with Crippen LogP contribution in [0.3, 0.4) is 0 Å².